The number of amides is 2. The third-order valence-corrected chi connectivity index (χ3v) is 1.25. The highest BCUT2D eigenvalue weighted by Crippen LogP contribution is 1.96. The number of imide groups is 1. The van der Waals surface area contributed by atoms with E-state index in [2.05, 4.69) is 14.2 Å². The predicted molar refractivity (Wildman–Crippen MR) is 48.3 cm³/mol. The molecule has 0 aliphatic carbocycles. The normalized spacial score (nSPS) is 9.00. The monoisotopic (exact) mass is 219 g/mol. The Morgan fingerprint density at radius 3 is 2.00 bits per heavy atom. The molecule has 0 N–H and O–H groups in total. The van der Waals surface area contributed by atoms with Crippen molar-refractivity contribution in [2.45, 2.75) is 13.8 Å². The van der Waals surface area contributed by atoms with E-state index in [-0.39, 0.29) is 13.2 Å². The summed E-state index contributed by atoms with van der Waals surface area (Å²) in [4.78, 5) is 33.2. The molecule has 0 bridgehead atoms. The van der Waals surface area contributed by atoms with E-state index in [0.29, 0.717) is 4.90 Å². The second-order valence-electron chi connectivity index (χ2n) is 2.31. The summed E-state index contributed by atoms with van der Waals surface area (Å²) in [6, 6.07) is 0. The van der Waals surface area contributed by atoms with Gasteiger partial charge in [0.05, 0.1) is 13.2 Å². The smallest absolute Gasteiger partial charge is 0.449 e. The number of ether oxygens (including phenoxy) is 3. The zero-order valence-electron chi connectivity index (χ0n) is 8.81. The largest absolute Gasteiger partial charge is 0.517 e. The van der Waals surface area contributed by atoms with Gasteiger partial charge in [-0.2, -0.15) is 0 Å². The maximum absolute atomic E-state index is 11.0. The molecule has 0 aliphatic heterocycles. The third kappa shape index (κ3) is 4.84. The summed E-state index contributed by atoms with van der Waals surface area (Å²) in [7, 11) is 1.12. The van der Waals surface area contributed by atoms with Crippen LogP contribution < -0.4 is 0 Å². The average molecular weight is 219 g/mol. The fraction of sp³-hybridized carbons (Fsp3) is 0.625. The molecule has 0 saturated heterocycles. The minimum absolute atomic E-state index is 0.0786. The number of carbonyl (C=O) groups excluding carboxylic acids is 3. The Bertz CT molecular complexity index is 252. The lowest BCUT2D eigenvalue weighted by Crippen LogP contribution is -2.35. The molecule has 0 rings (SSSR count). The van der Waals surface area contributed by atoms with E-state index in [9.17, 15) is 14.4 Å². The van der Waals surface area contributed by atoms with Gasteiger partial charge in [-0.05, 0) is 13.8 Å². The van der Waals surface area contributed by atoms with Gasteiger partial charge >= 0.3 is 18.3 Å². The Kier molecular flexibility index (Phi) is 5.84. The van der Waals surface area contributed by atoms with Crippen LogP contribution in [0, 0.1) is 0 Å². The lowest BCUT2D eigenvalue weighted by molar-refractivity contribution is 0.0619. The topological polar surface area (TPSA) is 82.1 Å². The fourth-order valence-corrected chi connectivity index (χ4v) is 0.582. The van der Waals surface area contributed by atoms with Crippen molar-refractivity contribution >= 4 is 18.3 Å². The molecule has 2 amide bonds. The van der Waals surface area contributed by atoms with Crippen molar-refractivity contribution in [3.05, 3.63) is 0 Å². The molecule has 0 aliphatic rings. The number of rotatable bonds is 2. The van der Waals surface area contributed by atoms with Crippen LogP contribution in [0.25, 0.3) is 0 Å². The Morgan fingerprint density at radius 2 is 1.53 bits per heavy atom. The Morgan fingerprint density at radius 1 is 1.00 bits per heavy atom. The van der Waals surface area contributed by atoms with Gasteiger partial charge in [0.25, 0.3) is 0 Å². The lowest BCUT2D eigenvalue weighted by atomic mass is 10.8. The molecular weight excluding hydrogens is 206 g/mol. The second kappa shape index (κ2) is 6.63. The molecule has 0 fully saturated rings. The molecular formula is C8H13NO6. The van der Waals surface area contributed by atoms with Gasteiger partial charge in [0, 0.05) is 7.05 Å². The van der Waals surface area contributed by atoms with Crippen LogP contribution in [0.4, 0.5) is 14.4 Å². The molecule has 86 valence electrons. The van der Waals surface area contributed by atoms with Crippen molar-refractivity contribution in [3.63, 3.8) is 0 Å². The van der Waals surface area contributed by atoms with Crippen LogP contribution in [-0.2, 0) is 14.2 Å². The van der Waals surface area contributed by atoms with Gasteiger partial charge in [-0.15, -0.1) is 0 Å². The van der Waals surface area contributed by atoms with Gasteiger partial charge in [-0.3, -0.25) is 0 Å². The Hall–Kier alpha value is -1.79. The summed E-state index contributed by atoms with van der Waals surface area (Å²) in [5.74, 6) is 0. The molecule has 7 heteroatoms. The summed E-state index contributed by atoms with van der Waals surface area (Å²) in [5.41, 5.74) is 0. The first-order valence-corrected chi connectivity index (χ1v) is 4.31. The van der Waals surface area contributed by atoms with Crippen molar-refractivity contribution in [1.82, 2.24) is 4.90 Å². The third-order valence-electron chi connectivity index (χ3n) is 1.25. The van der Waals surface area contributed by atoms with Gasteiger partial charge in [0.2, 0.25) is 0 Å². The zero-order valence-corrected chi connectivity index (χ0v) is 8.81. The van der Waals surface area contributed by atoms with Crippen LogP contribution in [-0.4, -0.2) is 43.5 Å². The molecule has 0 heterocycles. The number of hydrogen-bond acceptors (Lipinski definition) is 6. The summed E-state index contributed by atoms with van der Waals surface area (Å²) < 4.78 is 13.0. The number of carbonyl (C=O) groups is 3. The molecule has 0 radical (unpaired) electrons. The van der Waals surface area contributed by atoms with Crippen LogP contribution in [0.2, 0.25) is 0 Å². The molecule has 0 saturated carbocycles. The highest BCUT2D eigenvalue weighted by atomic mass is 16.7. The van der Waals surface area contributed by atoms with Gasteiger partial charge in [0.1, 0.15) is 0 Å². The van der Waals surface area contributed by atoms with E-state index >= 15 is 0 Å². The van der Waals surface area contributed by atoms with Crippen molar-refractivity contribution in [2.24, 2.45) is 0 Å². The van der Waals surface area contributed by atoms with Gasteiger partial charge < -0.3 is 14.2 Å². The van der Waals surface area contributed by atoms with E-state index in [1.807, 2.05) is 0 Å². The molecule has 0 spiro atoms. The van der Waals surface area contributed by atoms with E-state index in [0.717, 1.165) is 7.05 Å². The van der Waals surface area contributed by atoms with E-state index in [1.54, 1.807) is 13.8 Å². The minimum atomic E-state index is -1.15. The zero-order chi connectivity index (χ0) is 11.8. The molecule has 0 aromatic heterocycles. The maximum atomic E-state index is 11.0. The SMILES string of the molecule is CCOC(=O)OC(=O)N(C)C(=O)OCC. The predicted octanol–water partition coefficient (Wildman–Crippen LogP) is 1.37. The highest BCUT2D eigenvalue weighted by Gasteiger charge is 2.22. The van der Waals surface area contributed by atoms with E-state index in [1.165, 1.54) is 0 Å². The Balaban J connectivity index is 4.09. The van der Waals surface area contributed by atoms with E-state index < -0.39 is 18.3 Å². The molecule has 0 unspecified atom stereocenters. The van der Waals surface area contributed by atoms with Gasteiger partial charge in [0.15, 0.2) is 0 Å². The van der Waals surface area contributed by atoms with Crippen LogP contribution in [0.5, 0.6) is 0 Å². The molecule has 15 heavy (non-hydrogen) atoms. The minimum Gasteiger partial charge on any atom is -0.449 e. The highest BCUT2D eigenvalue weighted by molar-refractivity contribution is 5.91. The second-order valence-corrected chi connectivity index (χ2v) is 2.31. The van der Waals surface area contributed by atoms with Gasteiger partial charge in [-0.25, -0.2) is 19.3 Å². The molecule has 0 atom stereocenters. The first-order valence-electron chi connectivity index (χ1n) is 4.31. The maximum Gasteiger partial charge on any atom is 0.517 e. The van der Waals surface area contributed by atoms with Gasteiger partial charge in [-0.1, -0.05) is 0 Å². The summed E-state index contributed by atoms with van der Waals surface area (Å²) in [6.45, 7) is 3.34. The first-order chi connectivity index (χ1) is 7.02. The first kappa shape index (κ1) is 13.2. The Labute approximate surface area is 86.9 Å². The van der Waals surface area contributed by atoms with Crippen LogP contribution in [0.3, 0.4) is 0 Å². The van der Waals surface area contributed by atoms with Crippen LogP contribution in [0.15, 0.2) is 0 Å². The standard InChI is InChI=1S/C8H13NO6/c1-4-13-6(10)9(3)7(11)15-8(12)14-5-2/h4-5H2,1-3H3. The summed E-state index contributed by atoms with van der Waals surface area (Å²) >= 11 is 0. The van der Waals surface area contributed by atoms with E-state index in [4.69, 9.17) is 0 Å². The van der Waals surface area contributed by atoms with Crippen molar-refractivity contribution in [2.75, 3.05) is 20.3 Å². The molecule has 7 nitrogen and oxygen atoms in total. The quantitative estimate of drug-likeness (QED) is 0.515. The van der Waals surface area contributed by atoms with Crippen LogP contribution in [0.1, 0.15) is 13.8 Å². The summed E-state index contributed by atoms with van der Waals surface area (Å²) in [6.07, 6.45) is -3.20. The fourth-order valence-electron chi connectivity index (χ4n) is 0.582. The number of hydrogen-bond donors (Lipinski definition) is 0. The lowest BCUT2D eigenvalue weighted by Gasteiger charge is -2.12. The van der Waals surface area contributed by atoms with Crippen molar-refractivity contribution < 1.29 is 28.6 Å². The van der Waals surface area contributed by atoms with Crippen molar-refractivity contribution in [3.8, 4) is 0 Å². The molecule has 0 aromatic rings. The summed E-state index contributed by atoms with van der Waals surface area (Å²) in [5, 5.41) is 0. The van der Waals surface area contributed by atoms with Crippen molar-refractivity contribution in [1.29, 1.82) is 0 Å². The molecule has 0 aromatic carbocycles. The van der Waals surface area contributed by atoms with Crippen LogP contribution >= 0.6 is 0 Å². The average Bonchev–Trinajstić information content (AvgIpc) is 2.17. The number of nitrogens with zero attached hydrogens (tertiary/aromatic N) is 1.